The van der Waals surface area contributed by atoms with Gasteiger partial charge in [0.2, 0.25) is 0 Å². The number of cyclic esters (lactones) is 1. The van der Waals surface area contributed by atoms with Crippen LogP contribution >= 0.6 is 0 Å². The van der Waals surface area contributed by atoms with Crippen molar-refractivity contribution in [2.24, 2.45) is 0 Å². The smallest absolute Gasteiger partial charge is 0.417 e. The molecule has 0 saturated carbocycles. The van der Waals surface area contributed by atoms with Crippen LogP contribution in [0.4, 0.5) is 4.79 Å². The Kier molecular flexibility index (Phi) is 2.69. The molecule has 0 unspecified atom stereocenters. The van der Waals surface area contributed by atoms with Gasteiger partial charge in [0.1, 0.15) is 0 Å². The summed E-state index contributed by atoms with van der Waals surface area (Å²) in [6, 6.07) is 7.09. The van der Waals surface area contributed by atoms with Crippen molar-refractivity contribution >= 4 is 28.8 Å². The van der Waals surface area contributed by atoms with E-state index in [2.05, 4.69) is 9.72 Å². The normalized spacial score (nSPS) is 18.7. The summed E-state index contributed by atoms with van der Waals surface area (Å²) < 4.78 is 4.68. The summed E-state index contributed by atoms with van der Waals surface area (Å²) in [7, 11) is 0. The minimum atomic E-state index is -0.615. The minimum absolute atomic E-state index is 0.0978. The van der Waals surface area contributed by atoms with Gasteiger partial charge in [-0.15, -0.1) is 0 Å². The van der Waals surface area contributed by atoms with Crippen molar-refractivity contribution in [1.82, 2.24) is 14.8 Å². The third kappa shape index (κ3) is 1.86. The average molecular weight is 299 g/mol. The van der Waals surface area contributed by atoms with Crippen LogP contribution in [0, 0.1) is 0 Å². The van der Waals surface area contributed by atoms with Crippen LogP contribution in [-0.2, 0) is 9.53 Å². The zero-order chi connectivity index (χ0) is 15.3. The number of nitrogens with zero attached hydrogens (tertiary/aromatic N) is 2. The Morgan fingerprint density at radius 1 is 1.23 bits per heavy atom. The van der Waals surface area contributed by atoms with E-state index >= 15 is 0 Å². The van der Waals surface area contributed by atoms with Crippen molar-refractivity contribution in [2.75, 3.05) is 19.7 Å². The van der Waals surface area contributed by atoms with E-state index in [1.807, 2.05) is 24.4 Å². The summed E-state index contributed by atoms with van der Waals surface area (Å²) in [5.41, 5.74) is 1.57. The summed E-state index contributed by atoms with van der Waals surface area (Å²) in [6.07, 6.45) is 1.21. The summed E-state index contributed by atoms with van der Waals surface area (Å²) in [5.74, 6) is -0.435. The lowest BCUT2D eigenvalue weighted by atomic mass is 10.0. The van der Waals surface area contributed by atoms with Crippen LogP contribution in [0.5, 0.6) is 0 Å². The first kappa shape index (κ1) is 12.9. The molecule has 7 heteroatoms. The monoisotopic (exact) mass is 299 g/mol. The molecule has 2 aliphatic rings. The minimum Gasteiger partial charge on any atom is -0.439 e. The fourth-order valence-electron chi connectivity index (χ4n) is 2.87. The fourth-order valence-corrected chi connectivity index (χ4v) is 2.87. The van der Waals surface area contributed by atoms with Gasteiger partial charge in [-0.2, -0.15) is 0 Å². The molecular formula is C15H13N3O4. The highest BCUT2D eigenvalue weighted by atomic mass is 16.6. The first-order valence-corrected chi connectivity index (χ1v) is 6.99. The van der Waals surface area contributed by atoms with Gasteiger partial charge >= 0.3 is 6.09 Å². The van der Waals surface area contributed by atoms with Crippen LogP contribution in [0.3, 0.4) is 0 Å². The van der Waals surface area contributed by atoms with Gasteiger partial charge in [0, 0.05) is 35.8 Å². The van der Waals surface area contributed by atoms with Gasteiger partial charge in [-0.25, -0.2) is 9.69 Å². The molecule has 1 aromatic heterocycles. The van der Waals surface area contributed by atoms with E-state index in [0.717, 1.165) is 15.8 Å². The predicted molar refractivity (Wildman–Crippen MR) is 76.2 cm³/mol. The Morgan fingerprint density at radius 2 is 2.05 bits per heavy atom. The number of H-pyrrole nitrogens is 1. The van der Waals surface area contributed by atoms with Crippen molar-refractivity contribution in [3.8, 4) is 0 Å². The van der Waals surface area contributed by atoms with Crippen molar-refractivity contribution in [2.45, 2.75) is 6.04 Å². The number of carbonyl (C=O) groups excluding carboxylic acids is 3. The van der Waals surface area contributed by atoms with Crippen LogP contribution in [-0.4, -0.2) is 58.4 Å². The molecule has 7 nitrogen and oxygen atoms in total. The largest absolute Gasteiger partial charge is 0.439 e. The molecule has 2 aromatic rings. The second kappa shape index (κ2) is 4.59. The van der Waals surface area contributed by atoms with Gasteiger partial charge in [-0.05, 0) is 24.3 Å². The van der Waals surface area contributed by atoms with Crippen molar-refractivity contribution < 1.29 is 19.1 Å². The SMILES string of the molecule is O=C(c1ccc2[nH]ccc2c1)N1CC(N2C(=O)COC2=O)C1. The zero-order valence-electron chi connectivity index (χ0n) is 11.6. The third-order valence-corrected chi connectivity index (χ3v) is 4.10. The molecule has 112 valence electrons. The Morgan fingerprint density at radius 3 is 2.77 bits per heavy atom. The molecule has 22 heavy (non-hydrogen) atoms. The Balaban J connectivity index is 1.47. The van der Waals surface area contributed by atoms with E-state index in [-0.39, 0.29) is 24.5 Å². The highest BCUT2D eigenvalue weighted by Crippen LogP contribution is 2.23. The molecule has 0 atom stereocenters. The topological polar surface area (TPSA) is 82.7 Å². The molecule has 2 aliphatic heterocycles. The van der Waals surface area contributed by atoms with E-state index in [0.29, 0.717) is 18.7 Å². The molecule has 0 spiro atoms. The number of amides is 3. The number of imide groups is 1. The lowest BCUT2D eigenvalue weighted by Crippen LogP contribution is -2.62. The molecule has 1 aromatic carbocycles. The number of fused-ring (bicyclic) bond motifs is 1. The molecule has 2 fully saturated rings. The molecule has 0 radical (unpaired) electrons. The lowest BCUT2D eigenvalue weighted by Gasteiger charge is -2.41. The second-order valence-corrected chi connectivity index (χ2v) is 5.46. The molecule has 3 heterocycles. The summed E-state index contributed by atoms with van der Waals surface area (Å²) in [4.78, 5) is 41.2. The van der Waals surface area contributed by atoms with E-state index in [1.165, 1.54) is 0 Å². The zero-order valence-corrected chi connectivity index (χ0v) is 11.6. The summed E-state index contributed by atoms with van der Waals surface area (Å²) >= 11 is 0. The van der Waals surface area contributed by atoms with Gasteiger partial charge in [0.05, 0.1) is 6.04 Å². The number of nitrogens with one attached hydrogen (secondary N) is 1. The van der Waals surface area contributed by atoms with Crippen molar-refractivity contribution in [1.29, 1.82) is 0 Å². The number of hydrogen-bond acceptors (Lipinski definition) is 4. The lowest BCUT2D eigenvalue weighted by molar-refractivity contribution is -0.129. The molecular weight excluding hydrogens is 286 g/mol. The van der Waals surface area contributed by atoms with Crippen LogP contribution in [0.2, 0.25) is 0 Å². The first-order chi connectivity index (χ1) is 10.6. The highest BCUT2D eigenvalue weighted by Gasteiger charge is 2.44. The van der Waals surface area contributed by atoms with Gasteiger partial charge in [-0.1, -0.05) is 0 Å². The number of rotatable bonds is 2. The summed E-state index contributed by atoms with van der Waals surface area (Å²) in [5, 5.41) is 0.973. The number of likely N-dealkylation sites (tertiary alicyclic amines) is 1. The Hall–Kier alpha value is -2.83. The molecule has 3 amide bonds. The third-order valence-electron chi connectivity index (χ3n) is 4.10. The maximum Gasteiger partial charge on any atom is 0.417 e. The maximum absolute atomic E-state index is 12.4. The molecule has 1 N–H and O–H groups in total. The summed E-state index contributed by atoms with van der Waals surface area (Å²) in [6.45, 7) is 0.503. The first-order valence-electron chi connectivity index (χ1n) is 6.99. The molecule has 0 aliphatic carbocycles. The average Bonchev–Trinajstić information content (AvgIpc) is 3.05. The standard InChI is InChI=1S/C15H13N3O4/c19-13-8-22-15(21)18(13)11-6-17(7-11)14(20)10-1-2-12-9(5-10)3-4-16-12/h1-5,11,16H,6-8H2. The van der Waals surface area contributed by atoms with E-state index < -0.39 is 6.09 Å². The Bertz CT molecular complexity index is 775. The van der Waals surface area contributed by atoms with Gasteiger partial charge < -0.3 is 14.6 Å². The molecule has 4 rings (SSSR count). The number of hydrogen-bond donors (Lipinski definition) is 1. The van der Waals surface area contributed by atoms with Crippen LogP contribution in [0.25, 0.3) is 10.9 Å². The van der Waals surface area contributed by atoms with Crippen molar-refractivity contribution in [3.63, 3.8) is 0 Å². The quantitative estimate of drug-likeness (QED) is 0.895. The van der Waals surface area contributed by atoms with Crippen molar-refractivity contribution in [3.05, 3.63) is 36.0 Å². The molecule has 2 saturated heterocycles. The Labute approximate surface area is 125 Å². The van der Waals surface area contributed by atoms with Crippen LogP contribution in [0.1, 0.15) is 10.4 Å². The van der Waals surface area contributed by atoms with Crippen LogP contribution < -0.4 is 0 Å². The second-order valence-electron chi connectivity index (χ2n) is 5.46. The fraction of sp³-hybridized carbons (Fsp3) is 0.267. The van der Waals surface area contributed by atoms with Gasteiger partial charge in [-0.3, -0.25) is 9.59 Å². The van der Waals surface area contributed by atoms with E-state index in [9.17, 15) is 14.4 Å². The molecule has 0 bridgehead atoms. The number of aromatic nitrogens is 1. The predicted octanol–water partition coefficient (Wildman–Crippen LogP) is 0.971. The van der Waals surface area contributed by atoms with Gasteiger partial charge in [0.15, 0.2) is 6.61 Å². The van der Waals surface area contributed by atoms with Crippen LogP contribution in [0.15, 0.2) is 30.5 Å². The highest BCUT2D eigenvalue weighted by molar-refractivity contribution is 6.00. The maximum atomic E-state index is 12.4. The number of carbonyl (C=O) groups is 3. The van der Waals surface area contributed by atoms with E-state index in [1.54, 1.807) is 11.0 Å². The number of benzene rings is 1. The number of ether oxygens (including phenoxy) is 1. The van der Waals surface area contributed by atoms with Gasteiger partial charge in [0.25, 0.3) is 11.8 Å². The van der Waals surface area contributed by atoms with E-state index in [4.69, 9.17) is 0 Å². The number of aromatic amines is 1.